The van der Waals surface area contributed by atoms with Crippen LogP contribution in [-0.2, 0) is 4.57 Å². The molecule has 1 aromatic heterocycles. The number of pyridine rings is 1. The van der Waals surface area contributed by atoms with Crippen molar-refractivity contribution in [3.63, 3.8) is 0 Å². The number of aromatic nitrogens is 1. The van der Waals surface area contributed by atoms with E-state index in [2.05, 4.69) is 4.98 Å². The second-order valence-corrected chi connectivity index (χ2v) is 7.58. The molecule has 0 amide bonds. The fourth-order valence-corrected chi connectivity index (χ4v) is 1.87. The van der Waals surface area contributed by atoms with Gasteiger partial charge in [-0.25, -0.2) is 0 Å². The van der Waals surface area contributed by atoms with Gasteiger partial charge in [-0.1, -0.05) is 18.2 Å². The number of fused-ring (bicyclic) bond motifs is 1. The Labute approximate surface area is 94.8 Å². The number of rotatable bonds is 3. The summed E-state index contributed by atoms with van der Waals surface area (Å²) < 4.78 is 17.1. The number of ether oxygens (including phenoxy) is 1. The summed E-state index contributed by atoms with van der Waals surface area (Å²) in [5.41, 5.74) is 0.818. The number of hydrogen-bond donors (Lipinski definition) is 0. The lowest BCUT2D eigenvalue weighted by atomic mass is 10.2. The van der Waals surface area contributed by atoms with Crippen molar-refractivity contribution in [1.29, 1.82) is 0 Å². The summed E-state index contributed by atoms with van der Waals surface area (Å²) in [6, 6.07) is 9.61. The van der Waals surface area contributed by atoms with Crippen LogP contribution in [0.5, 0.6) is 5.75 Å². The zero-order chi connectivity index (χ0) is 11.6. The van der Waals surface area contributed by atoms with Crippen LogP contribution in [0.4, 0.5) is 0 Å². The van der Waals surface area contributed by atoms with Crippen molar-refractivity contribution in [2.75, 3.05) is 19.7 Å². The molecule has 0 spiro atoms. The molecule has 0 atom stereocenters. The normalized spacial score (nSPS) is 11.6. The molecule has 2 aromatic rings. The molecule has 84 valence electrons. The Kier molecular flexibility index (Phi) is 2.97. The van der Waals surface area contributed by atoms with E-state index in [1.807, 2.05) is 30.3 Å². The largest absolute Gasteiger partial charge is 0.484 e. The molecule has 1 heterocycles. The van der Waals surface area contributed by atoms with Gasteiger partial charge in [-0.05, 0) is 25.5 Å². The van der Waals surface area contributed by atoms with Crippen LogP contribution in [0.3, 0.4) is 0 Å². The molecule has 0 N–H and O–H groups in total. The van der Waals surface area contributed by atoms with Crippen molar-refractivity contribution in [3.05, 3.63) is 36.5 Å². The van der Waals surface area contributed by atoms with Crippen molar-refractivity contribution in [1.82, 2.24) is 4.98 Å². The lowest BCUT2D eigenvalue weighted by molar-refractivity contribution is 0.381. The Balaban J connectivity index is 2.34. The molecule has 0 saturated carbocycles. The summed E-state index contributed by atoms with van der Waals surface area (Å²) in [5.74, 6) is 0.696. The fraction of sp³-hybridized carbons (Fsp3) is 0.250. The first kappa shape index (κ1) is 11.2. The van der Waals surface area contributed by atoms with E-state index in [9.17, 15) is 4.57 Å². The number of hydrogen-bond acceptors (Lipinski definition) is 3. The molecule has 0 bridgehead atoms. The summed E-state index contributed by atoms with van der Waals surface area (Å²) in [7, 11) is -2.16. The summed E-state index contributed by atoms with van der Waals surface area (Å²) >= 11 is 0. The van der Waals surface area contributed by atoms with E-state index >= 15 is 0 Å². The van der Waals surface area contributed by atoms with Gasteiger partial charge in [-0.3, -0.25) is 4.98 Å². The minimum Gasteiger partial charge on any atom is -0.484 e. The first-order chi connectivity index (χ1) is 7.56. The van der Waals surface area contributed by atoms with Crippen LogP contribution in [0, 0.1) is 0 Å². The van der Waals surface area contributed by atoms with E-state index in [1.54, 1.807) is 19.5 Å². The van der Waals surface area contributed by atoms with Gasteiger partial charge in [0.05, 0.1) is 0 Å². The van der Waals surface area contributed by atoms with Gasteiger partial charge in [0.15, 0.2) is 0 Å². The van der Waals surface area contributed by atoms with Gasteiger partial charge in [0.1, 0.15) is 24.8 Å². The predicted molar refractivity (Wildman–Crippen MR) is 66.7 cm³/mol. The SMILES string of the molecule is CP(C)(=O)COc1cccc2cccnc12. The molecule has 4 heteroatoms. The quantitative estimate of drug-likeness (QED) is 0.767. The molecule has 0 radical (unpaired) electrons. The Morgan fingerprint density at radius 1 is 1.25 bits per heavy atom. The maximum atomic E-state index is 11.6. The number of benzene rings is 1. The van der Waals surface area contributed by atoms with Gasteiger partial charge in [-0.2, -0.15) is 0 Å². The Morgan fingerprint density at radius 2 is 2.00 bits per heavy atom. The standard InChI is InChI=1S/C12H14NO2P/c1-16(2,14)9-15-11-7-3-5-10-6-4-8-13-12(10)11/h3-8H,9H2,1-2H3. The number of nitrogens with zero attached hydrogens (tertiary/aromatic N) is 1. The van der Waals surface area contributed by atoms with Crippen LogP contribution in [0.15, 0.2) is 36.5 Å². The lowest BCUT2D eigenvalue weighted by Gasteiger charge is -2.10. The highest BCUT2D eigenvalue weighted by atomic mass is 31.2. The predicted octanol–water partition coefficient (Wildman–Crippen LogP) is 3.19. The van der Waals surface area contributed by atoms with Crippen LogP contribution in [0.2, 0.25) is 0 Å². The molecule has 0 aliphatic heterocycles. The van der Waals surface area contributed by atoms with Crippen LogP contribution in [0.25, 0.3) is 10.9 Å². The molecule has 1 aromatic carbocycles. The lowest BCUT2D eigenvalue weighted by Crippen LogP contribution is -1.98. The molecule has 3 nitrogen and oxygen atoms in total. The third kappa shape index (κ3) is 2.61. The highest BCUT2D eigenvalue weighted by Gasteiger charge is 2.09. The number of para-hydroxylation sites is 1. The average Bonchev–Trinajstić information content (AvgIpc) is 2.25. The zero-order valence-electron chi connectivity index (χ0n) is 9.38. The molecule has 0 saturated heterocycles. The maximum absolute atomic E-state index is 11.6. The topological polar surface area (TPSA) is 39.2 Å². The fourth-order valence-electron chi connectivity index (χ4n) is 1.42. The second kappa shape index (κ2) is 4.26. The summed E-state index contributed by atoms with van der Waals surface area (Å²) in [4.78, 5) is 4.27. The van der Waals surface area contributed by atoms with E-state index in [0.717, 1.165) is 10.9 Å². The van der Waals surface area contributed by atoms with Gasteiger partial charge in [-0.15, -0.1) is 0 Å². The minimum absolute atomic E-state index is 0.253. The third-order valence-electron chi connectivity index (χ3n) is 2.13. The highest BCUT2D eigenvalue weighted by Crippen LogP contribution is 2.36. The first-order valence-electron chi connectivity index (χ1n) is 5.07. The van der Waals surface area contributed by atoms with Crippen molar-refractivity contribution in [2.45, 2.75) is 0 Å². The minimum atomic E-state index is -2.16. The van der Waals surface area contributed by atoms with Crippen molar-refractivity contribution >= 4 is 18.0 Å². The van der Waals surface area contributed by atoms with Gasteiger partial charge in [0, 0.05) is 11.6 Å². The highest BCUT2D eigenvalue weighted by molar-refractivity contribution is 7.62. The maximum Gasteiger partial charge on any atom is 0.146 e. The Morgan fingerprint density at radius 3 is 2.75 bits per heavy atom. The smallest absolute Gasteiger partial charge is 0.146 e. The van der Waals surface area contributed by atoms with Crippen LogP contribution in [-0.4, -0.2) is 24.7 Å². The monoisotopic (exact) mass is 235 g/mol. The molecule has 0 aliphatic carbocycles. The van der Waals surface area contributed by atoms with Crippen LogP contribution in [0.1, 0.15) is 0 Å². The Bertz CT molecular complexity index is 542. The van der Waals surface area contributed by atoms with E-state index in [-0.39, 0.29) is 6.35 Å². The van der Waals surface area contributed by atoms with Crippen LogP contribution < -0.4 is 4.74 Å². The Hall–Kier alpha value is -1.34. The van der Waals surface area contributed by atoms with Gasteiger partial charge in [0.2, 0.25) is 0 Å². The van der Waals surface area contributed by atoms with Gasteiger partial charge >= 0.3 is 0 Å². The van der Waals surface area contributed by atoms with Gasteiger partial charge < -0.3 is 9.30 Å². The van der Waals surface area contributed by atoms with Crippen molar-refractivity contribution in [3.8, 4) is 5.75 Å². The first-order valence-corrected chi connectivity index (χ1v) is 7.85. The summed E-state index contributed by atoms with van der Waals surface area (Å²) in [5, 5.41) is 1.03. The van der Waals surface area contributed by atoms with E-state index in [4.69, 9.17) is 4.74 Å². The zero-order valence-corrected chi connectivity index (χ0v) is 10.3. The summed E-state index contributed by atoms with van der Waals surface area (Å²) in [6.07, 6.45) is 1.98. The third-order valence-corrected chi connectivity index (χ3v) is 2.88. The molecule has 0 unspecified atom stereocenters. The van der Waals surface area contributed by atoms with E-state index in [0.29, 0.717) is 5.75 Å². The second-order valence-electron chi connectivity index (χ2n) is 4.18. The van der Waals surface area contributed by atoms with Crippen LogP contribution >= 0.6 is 7.14 Å². The molecular formula is C12H14NO2P. The molecule has 0 aliphatic rings. The average molecular weight is 235 g/mol. The summed E-state index contributed by atoms with van der Waals surface area (Å²) in [6.45, 7) is 3.43. The molecule has 0 fully saturated rings. The molecule has 2 rings (SSSR count). The van der Waals surface area contributed by atoms with Crippen molar-refractivity contribution in [2.24, 2.45) is 0 Å². The van der Waals surface area contributed by atoms with E-state index in [1.165, 1.54) is 0 Å². The molecule has 16 heavy (non-hydrogen) atoms. The van der Waals surface area contributed by atoms with E-state index < -0.39 is 7.14 Å². The van der Waals surface area contributed by atoms with Gasteiger partial charge in [0.25, 0.3) is 0 Å². The molecular weight excluding hydrogens is 221 g/mol. The van der Waals surface area contributed by atoms with Crippen molar-refractivity contribution < 1.29 is 9.30 Å².